The van der Waals surface area contributed by atoms with Crippen molar-refractivity contribution in [3.63, 3.8) is 0 Å². The number of guanidine groups is 1. The van der Waals surface area contributed by atoms with Gasteiger partial charge in [-0.05, 0) is 18.2 Å². The minimum Gasteiger partial charge on any atom is -0.489 e. The van der Waals surface area contributed by atoms with Gasteiger partial charge in [0.1, 0.15) is 12.4 Å². The second kappa shape index (κ2) is 5.73. The van der Waals surface area contributed by atoms with Gasteiger partial charge in [-0.3, -0.25) is 9.88 Å². The predicted octanol–water partition coefficient (Wildman–Crippen LogP) is 2.89. The number of imidazole rings is 1. The summed E-state index contributed by atoms with van der Waals surface area (Å²) < 4.78 is 7.83. The standard InChI is InChI=1S/C18H17N5O/c1-2-11-24-15-10-6-3-7-12(15)16-21-17(19)22-18-20-13-8-4-5-9-14(13)23(16)18/h2-10,16H,1,11H2,(H3,19,20,21,22)/t16-/m1/s1. The third-order valence-corrected chi connectivity index (χ3v) is 3.90. The average Bonchev–Trinajstić information content (AvgIpc) is 2.97. The summed E-state index contributed by atoms with van der Waals surface area (Å²) in [6.45, 7) is 4.13. The maximum absolute atomic E-state index is 5.98. The van der Waals surface area contributed by atoms with Gasteiger partial charge in [0.15, 0.2) is 12.1 Å². The molecule has 1 atom stereocenters. The fraction of sp³-hybridized carbons (Fsp3) is 0.111. The van der Waals surface area contributed by atoms with Crippen LogP contribution in [0.5, 0.6) is 5.75 Å². The molecule has 0 saturated heterocycles. The summed E-state index contributed by atoms with van der Waals surface area (Å²) in [5.41, 5.74) is 8.78. The predicted molar refractivity (Wildman–Crippen MR) is 95.3 cm³/mol. The van der Waals surface area contributed by atoms with Gasteiger partial charge in [0.2, 0.25) is 5.95 Å². The Morgan fingerprint density at radius 2 is 2.00 bits per heavy atom. The number of hydrogen-bond donors (Lipinski definition) is 2. The van der Waals surface area contributed by atoms with E-state index in [9.17, 15) is 0 Å². The van der Waals surface area contributed by atoms with Gasteiger partial charge in [0.05, 0.1) is 11.0 Å². The molecule has 0 bridgehead atoms. The number of ether oxygens (including phenoxy) is 1. The lowest BCUT2D eigenvalue weighted by Gasteiger charge is -2.25. The zero-order valence-electron chi connectivity index (χ0n) is 13.0. The molecule has 6 heteroatoms. The van der Waals surface area contributed by atoms with Crippen LogP contribution in [0.2, 0.25) is 0 Å². The van der Waals surface area contributed by atoms with E-state index in [1.807, 2.05) is 53.1 Å². The molecule has 6 nitrogen and oxygen atoms in total. The van der Waals surface area contributed by atoms with Crippen LogP contribution >= 0.6 is 0 Å². The largest absolute Gasteiger partial charge is 0.489 e. The van der Waals surface area contributed by atoms with Crippen molar-refractivity contribution in [2.75, 3.05) is 11.9 Å². The van der Waals surface area contributed by atoms with Crippen molar-refractivity contribution in [1.29, 1.82) is 0 Å². The summed E-state index contributed by atoms with van der Waals surface area (Å²) in [7, 11) is 0. The van der Waals surface area contributed by atoms with Crippen molar-refractivity contribution in [2.45, 2.75) is 6.17 Å². The van der Waals surface area contributed by atoms with Crippen molar-refractivity contribution in [1.82, 2.24) is 9.55 Å². The summed E-state index contributed by atoms with van der Waals surface area (Å²) in [5.74, 6) is 1.76. The van der Waals surface area contributed by atoms with Crippen molar-refractivity contribution >= 4 is 22.9 Å². The van der Waals surface area contributed by atoms with Crippen LogP contribution in [0, 0.1) is 0 Å². The van der Waals surface area contributed by atoms with Crippen LogP contribution in [-0.4, -0.2) is 22.1 Å². The van der Waals surface area contributed by atoms with E-state index in [1.54, 1.807) is 6.08 Å². The van der Waals surface area contributed by atoms with Crippen molar-refractivity contribution in [3.05, 3.63) is 66.7 Å². The third kappa shape index (κ3) is 2.28. The number of fused-ring (bicyclic) bond motifs is 3. The number of aliphatic imine (C=N–C) groups is 1. The molecule has 0 amide bonds. The Kier molecular flexibility index (Phi) is 3.42. The molecule has 1 aliphatic heterocycles. The summed E-state index contributed by atoms with van der Waals surface area (Å²) in [4.78, 5) is 9.19. The molecule has 1 aliphatic rings. The van der Waals surface area contributed by atoms with Gasteiger partial charge in [-0.15, -0.1) is 0 Å². The molecule has 120 valence electrons. The van der Waals surface area contributed by atoms with Gasteiger partial charge in [-0.2, -0.15) is 0 Å². The number of hydrogen-bond acceptors (Lipinski definition) is 5. The first-order chi connectivity index (χ1) is 11.8. The molecule has 0 spiro atoms. The lowest BCUT2D eigenvalue weighted by Crippen LogP contribution is -2.31. The first-order valence-electron chi connectivity index (χ1n) is 7.68. The van der Waals surface area contributed by atoms with E-state index in [-0.39, 0.29) is 6.17 Å². The van der Waals surface area contributed by atoms with E-state index in [2.05, 4.69) is 21.9 Å². The van der Waals surface area contributed by atoms with Crippen LogP contribution in [0.4, 0.5) is 5.95 Å². The zero-order chi connectivity index (χ0) is 16.5. The highest BCUT2D eigenvalue weighted by molar-refractivity contribution is 5.94. The monoisotopic (exact) mass is 319 g/mol. The number of rotatable bonds is 4. The van der Waals surface area contributed by atoms with E-state index >= 15 is 0 Å². The van der Waals surface area contributed by atoms with Crippen LogP contribution in [0.25, 0.3) is 11.0 Å². The Morgan fingerprint density at radius 3 is 2.88 bits per heavy atom. The highest BCUT2D eigenvalue weighted by Crippen LogP contribution is 2.36. The van der Waals surface area contributed by atoms with Crippen LogP contribution < -0.4 is 15.8 Å². The minimum atomic E-state index is -0.338. The lowest BCUT2D eigenvalue weighted by molar-refractivity contribution is 0.354. The Balaban J connectivity index is 1.90. The number of nitrogens with one attached hydrogen (secondary N) is 1. The number of nitrogens with zero attached hydrogens (tertiary/aromatic N) is 3. The van der Waals surface area contributed by atoms with Crippen LogP contribution in [0.3, 0.4) is 0 Å². The molecular weight excluding hydrogens is 302 g/mol. The van der Waals surface area contributed by atoms with Crippen LogP contribution in [0.1, 0.15) is 11.7 Å². The van der Waals surface area contributed by atoms with E-state index in [0.29, 0.717) is 18.5 Å². The number of aromatic nitrogens is 2. The fourth-order valence-corrected chi connectivity index (χ4v) is 2.90. The molecule has 3 aromatic rings. The number of nitrogens with two attached hydrogens (primary N) is 1. The van der Waals surface area contributed by atoms with E-state index in [4.69, 9.17) is 10.5 Å². The zero-order valence-corrected chi connectivity index (χ0v) is 13.0. The first kappa shape index (κ1) is 14.3. The van der Waals surface area contributed by atoms with E-state index in [0.717, 1.165) is 22.3 Å². The fourth-order valence-electron chi connectivity index (χ4n) is 2.90. The van der Waals surface area contributed by atoms with Crippen molar-refractivity contribution in [2.24, 2.45) is 10.7 Å². The highest BCUT2D eigenvalue weighted by Gasteiger charge is 2.27. The van der Waals surface area contributed by atoms with E-state index < -0.39 is 0 Å². The molecule has 0 radical (unpaired) electrons. The summed E-state index contributed by atoms with van der Waals surface area (Å²) in [6, 6.07) is 15.7. The Hall–Kier alpha value is -3.28. The average molecular weight is 319 g/mol. The van der Waals surface area contributed by atoms with Crippen molar-refractivity contribution in [3.8, 4) is 5.75 Å². The quantitative estimate of drug-likeness (QED) is 0.725. The molecule has 0 aliphatic carbocycles. The normalized spacial score (nSPS) is 16.2. The lowest BCUT2D eigenvalue weighted by atomic mass is 10.1. The SMILES string of the molecule is C=CCOc1ccccc1[C@@H]1N=C(N)Nc2nc3ccccc3n21. The third-order valence-electron chi connectivity index (χ3n) is 3.90. The maximum Gasteiger partial charge on any atom is 0.212 e. The number of benzene rings is 2. The Morgan fingerprint density at radius 1 is 1.21 bits per heavy atom. The molecule has 1 aromatic heterocycles. The van der Waals surface area contributed by atoms with E-state index in [1.165, 1.54) is 0 Å². The topological polar surface area (TPSA) is 77.5 Å². The molecule has 2 aromatic carbocycles. The van der Waals surface area contributed by atoms with Crippen molar-refractivity contribution < 1.29 is 4.74 Å². The van der Waals surface area contributed by atoms with Gasteiger partial charge in [0.25, 0.3) is 0 Å². The summed E-state index contributed by atoms with van der Waals surface area (Å²) in [5, 5.41) is 3.03. The number of anilines is 1. The van der Waals surface area contributed by atoms with Crippen LogP contribution in [0.15, 0.2) is 66.2 Å². The molecule has 24 heavy (non-hydrogen) atoms. The van der Waals surface area contributed by atoms with Gasteiger partial charge in [-0.25, -0.2) is 9.98 Å². The second-order valence-corrected chi connectivity index (χ2v) is 5.44. The first-order valence-corrected chi connectivity index (χ1v) is 7.68. The molecular formula is C18H17N5O. The van der Waals surface area contributed by atoms with Gasteiger partial charge < -0.3 is 10.5 Å². The molecule has 4 rings (SSSR count). The highest BCUT2D eigenvalue weighted by atomic mass is 16.5. The number of para-hydroxylation sites is 3. The molecule has 0 saturated carbocycles. The summed E-state index contributed by atoms with van der Waals surface area (Å²) in [6.07, 6.45) is 1.38. The smallest absolute Gasteiger partial charge is 0.212 e. The molecule has 2 heterocycles. The second-order valence-electron chi connectivity index (χ2n) is 5.44. The molecule has 0 unspecified atom stereocenters. The molecule has 3 N–H and O–H groups in total. The minimum absolute atomic E-state index is 0.335. The van der Waals surface area contributed by atoms with Crippen LogP contribution in [-0.2, 0) is 0 Å². The van der Waals surface area contributed by atoms with Gasteiger partial charge >= 0.3 is 0 Å². The Labute approximate surface area is 139 Å². The maximum atomic E-state index is 5.98. The van der Waals surface area contributed by atoms with Gasteiger partial charge in [-0.1, -0.05) is 43.0 Å². The summed E-state index contributed by atoms with van der Waals surface area (Å²) >= 11 is 0. The van der Waals surface area contributed by atoms with Gasteiger partial charge in [0, 0.05) is 5.56 Å². The Bertz CT molecular complexity index is 943. The molecule has 0 fully saturated rings.